The lowest BCUT2D eigenvalue weighted by molar-refractivity contribution is 0.718. The first-order chi connectivity index (χ1) is 15.3. The number of anilines is 2. The molecule has 1 heterocycles. The van der Waals surface area contributed by atoms with Crippen LogP contribution in [0.25, 0.3) is 0 Å². The summed E-state index contributed by atoms with van der Waals surface area (Å²) in [5.41, 5.74) is 7.75. The van der Waals surface area contributed by atoms with Crippen LogP contribution in [-0.2, 0) is 0 Å². The fourth-order valence-electron chi connectivity index (χ4n) is 3.17. The van der Waals surface area contributed by atoms with E-state index in [0.29, 0.717) is 5.96 Å². The largest absolute Gasteiger partial charge is 0.266 e. The highest BCUT2D eigenvalue weighted by atomic mass is 15.9. The number of hydrazone groups is 1. The van der Waals surface area contributed by atoms with Crippen LogP contribution in [-0.4, -0.2) is 17.4 Å². The molecule has 1 N–H and O–H groups in total. The van der Waals surface area contributed by atoms with Crippen molar-refractivity contribution >= 4 is 34.4 Å². The van der Waals surface area contributed by atoms with Crippen LogP contribution in [0.4, 0.5) is 17.1 Å². The van der Waals surface area contributed by atoms with E-state index >= 15 is 0 Å². The summed E-state index contributed by atoms with van der Waals surface area (Å²) in [5, 5.41) is 8.25. The van der Waals surface area contributed by atoms with Gasteiger partial charge >= 0.3 is 0 Å². The molecule has 0 atom stereocenters. The Labute approximate surface area is 180 Å². The predicted octanol–water partition coefficient (Wildman–Crippen LogP) is 5.04. The van der Waals surface area contributed by atoms with Crippen LogP contribution in [0, 0.1) is 0 Å². The van der Waals surface area contributed by atoms with E-state index in [9.17, 15) is 0 Å². The predicted molar refractivity (Wildman–Crippen MR) is 128 cm³/mol. The second-order valence-corrected chi connectivity index (χ2v) is 6.89. The monoisotopic (exact) mass is 404 g/mol. The van der Waals surface area contributed by atoms with Gasteiger partial charge in [-0.3, -0.25) is 0 Å². The Morgan fingerprint density at radius 1 is 0.581 bits per heavy atom. The zero-order valence-corrected chi connectivity index (χ0v) is 16.7. The second kappa shape index (κ2) is 8.61. The summed E-state index contributed by atoms with van der Waals surface area (Å²) in [6, 6.07) is 29.8. The van der Waals surface area contributed by atoms with E-state index < -0.39 is 0 Å². The average Bonchev–Trinajstić information content (AvgIpc) is 3.26. The summed E-state index contributed by atoms with van der Waals surface area (Å²) in [6.07, 6.45) is 7.80. The molecule has 1 aliphatic carbocycles. The molecule has 3 aromatic carbocycles. The maximum Gasteiger partial charge on any atom is 0.266 e. The lowest BCUT2D eigenvalue weighted by atomic mass is 10.1. The molecule has 0 aromatic heterocycles. The summed E-state index contributed by atoms with van der Waals surface area (Å²) < 4.78 is 0. The van der Waals surface area contributed by atoms with Crippen LogP contribution in [0.5, 0.6) is 0 Å². The van der Waals surface area contributed by atoms with E-state index in [2.05, 4.69) is 15.6 Å². The Balaban J connectivity index is 1.42. The molecule has 0 bridgehead atoms. The first kappa shape index (κ1) is 18.7. The van der Waals surface area contributed by atoms with Crippen LogP contribution >= 0.6 is 0 Å². The molecular formula is C25H20N6. The van der Waals surface area contributed by atoms with Crippen LogP contribution in [0.3, 0.4) is 0 Å². The van der Waals surface area contributed by atoms with E-state index in [4.69, 9.17) is 4.99 Å². The Bertz CT molecular complexity index is 1180. The quantitative estimate of drug-likeness (QED) is 0.622. The minimum atomic E-state index is 0.544. The van der Waals surface area contributed by atoms with E-state index in [1.165, 1.54) is 0 Å². The van der Waals surface area contributed by atoms with Crippen molar-refractivity contribution in [2.45, 2.75) is 0 Å². The fraction of sp³-hybridized carbons (Fsp3) is 0. The van der Waals surface area contributed by atoms with E-state index in [-0.39, 0.29) is 0 Å². The SMILES string of the molecule is C1=CC(=Nc2ccccc2)C=CC1=NC1=NN(c2ccccc2)NN1c1ccccc1. The summed E-state index contributed by atoms with van der Waals surface area (Å²) in [4.78, 5) is 9.40. The van der Waals surface area contributed by atoms with Crippen molar-refractivity contribution < 1.29 is 0 Å². The standard InChI is InChI=1S/C25H20N6/c1-4-10-20(11-5-1)26-21-16-18-22(19-17-21)27-25-28-31(24-14-8-3-9-15-24)29-30(25)23-12-6-2-7-13-23/h1-19,29H. The van der Waals surface area contributed by atoms with Crippen molar-refractivity contribution in [2.75, 3.05) is 10.1 Å². The van der Waals surface area contributed by atoms with E-state index in [1.807, 2.05) is 120 Å². The number of para-hydroxylation sites is 3. The number of nitrogens with one attached hydrogen (secondary N) is 1. The van der Waals surface area contributed by atoms with E-state index in [0.717, 1.165) is 28.5 Å². The lowest BCUT2D eigenvalue weighted by Crippen LogP contribution is -2.43. The molecule has 0 fully saturated rings. The maximum absolute atomic E-state index is 4.77. The summed E-state index contributed by atoms with van der Waals surface area (Å²) in [5.74, 6) is 0.544. The molecule has 0 saturated heterocycles. The number of rotatable bonds is 3. The first-order valence-corrected chi connectivity index (χ1v) is 9.99. The number of hydrogen-bond donors (Lipinski definition) is 1. The molecule has 0 unspecified atom stereocenters. The molecule has 0 amide bonds. The van der Waals surface area contributed by atoms with Gasteiger partial charge in [0, 0.05) is 0 Å². The van der Waals surface area contributed by atoms with Gasteiger partial charge in [-0.2, -0.15) is 5.12 Å². The van der Waals surface area contributed by atoms with Crippen molar-refractivity contribution in [3.8, 4) is 0 Å². The Morgan fingerprint density at radius 2 is 1.10 bits per heavy atom. The number of hydrazine groups is 2. The Hall–Kier alpha value is -4.29. The summed E-state index contributed by atoms with van der Waals surface area (Å²) >= 11 is 0. The molecule has 0 spiro atoms. The minimum Gasteiger partial charge on any atom is -0.249 e. The van der Waals surface area contributed by atoms with Crippen LogP contribution in [0.15, 0.2) is 130 Å². The molecule has 0 saturated carbocycles. The Kier molecular flexibility index (Phi) is 5.20. The van der Waals surface area contributed by atoms with Crippen LogP contribution in [0.1, 0.15) is 0 Å². The highest BCUT2D eigenvalue weighted by Crippen LogP contribution is 2.22. The van der Waals surface area contributed by atoms with Crippen LogP contribution in [0.2, 0.25) is 0 Å². The molecule has 2 aliphatic rings. The molecule has 31 heavy (non-hydrogen) atoms. The van der Waals surface area contributed by atoms with Crippen molar-refractivity contribution in [3.05, 3.63) is 115 Å². The van der Waals surface area contributed by atoms with Gasteiger partial charge in [0.2, 0.25) is 0 Å². The molecule has 150 valence electrons. The van der Waals surface area contributed by atoms with Gasteiger partial charge in [-0.1, -0.05) is 54.6 Å². The van der Waals surface area contributed by atoms with Gasteiger partial charge in [-0.25, -0.2) is 15.0 Å². The highest BCUT2D eigenvalue weighted by Gasteiger charge is 2.25. The second-order valence-electron chi connectivity index (χ2n) is 6.89. The van der Waals surface area contributed by atoms with Crippen molar-refractivity contribution in [1.29, 1.82) is 0 Å². The van der Waals surface area contributed by atoms with Crippen molar-refractivity contribution in [2.24, 2.45) is 15.1 Å². The maximum atomic E-state index is 4.77. The Morgan fingerprint density at radius 3 is 1.71 bits per heavy atom. The molecule has 6 heteroatoms. The van der Waals surface area contributed by atoms with Crippen molar-refractivity contribution in [3.63, 3.8) is 0 Å². The number of allylic oxidation sites excluding steroid dienone is 4. The minimum absolute atomic E-state index is 0.544. The first-order valence-electron chi connectivity index (χ1n) is 9.99. The third-order valence-corrected chi connectivity index (χ3v) is 4.69. The fourth-order valence-corrected chi connectivity index (χ4v) is 3.17. The summed E-state index contributed by atoms with van der Waals surface area (Å²) in [7, 11) is 0. The zero-order chi connectivity index (χ0) is 20.9. The van der Waals surface area contributed by atoms with Gasteiger partial charge in [0.05, 0.1) is 28.5 Å². The van der Waals surface area contributed by atoms with Gasteiger partial charge in [0.25, 0.3) is 5.96 Å². The van der Waals surface area contributed by atoms with E-state index in [1.54, 1.807) is 5.12 Å². The normalized spacial score (nSPS) is 15.3. The molecule has 1 aliphatic heterocycles. The van der Waals surface area contributed by atoms with Gasteiger partial charge in [0.15, 0.2) is 0 Å². The third-order valence-electron chi connectivity index (χ3n) is 4.69. The summed E-state index contributed by atoms with van der Waals surface area (Å²) in [6.45, 7) is 0. The van der Waals surface area contributed by atoms with Gasteiger partial charge < -0.3 is 0 Å². The average molecular weight is 404 g/mol. The van der Waals surface area contributed by atoms with Gasteiger partial charge in [-0.05, 0) is 60.7 Å². The van der Waals surface area contributed by atoms with Crippen molar-refractivity contribution in [1.82, 2.24) is 5.53 Å². The zero-order valence-electron chi connectivity index (χ0n) is 16.7. The highest BCUT2D eigenvalue weighted by molar-refractivity contribution is 6.22. The molecule has 0 radical (unpaired) electrons. The number of guanidine groups is 1. The third kappa shape index (κ3) is 4.34. The van der Waals surface area contributed by atoms with Gasteiger partial charge in [0.1, 0.15) is 0 Å². The molecular weight excluding hydrogens is 384 g/mol. The molecule has 5 rings (SSSR count). The topological polar surface area (TPSA) is 55.6 Å². The molecule has 3 aromatic rings. The smallest absolute Gasteiger partial charge is 0.249 e. The van der Waals surface area contributed by atoms with Crippen LogP contribution < -0.4 is 15.7 Å². The number of benzene rings is 3. The lowest BCUT2D eigenvalue weighted by Gasteiger charge is -2.20. The number of hydrogen-bond acceptors (Lipinski definition) is 6. The molecule has 6 nitrogen and oxygen atoms in total. The van der Waals surface area contributed by atoms with Gasteiger partial charge in [-0.15, -0.1) is 10.6 Å². The number of aliphatic imine (C=N–C) groups is 2. The number of nitrogens with zero attached hydrogens (tertiary/aromatic N) is 5.